The van der Waals surface area contributed by atoms with Crippen LogP contribution in [0.25, 0.3) is 0 Å². The molecule has 0 unspecified atom stereocenters. The smallest absolute Gasteiger partial charge is 0.230 e. The topological polar surface area (TPSA) is 80.3 Å². The van der Waals surface area contributed by atoms with Gasteiger partial charge in [-0.15, -0.1) is 0 Å². The molecule has 0 bridgehead atoms. The van der Waals surface area contributed by atoms with E-state index < -0.39 is 17.3 Å². The van der Waals surface area contributed by atoms with Crippen molar-refractivity contribution >= 4 is 17.5 Å². The van der Waals surface area contributed by atoms with Crippen molar-refractivity contribution in [2.75, 3.05) is 47.1 Å². The van der Waals surface area contributed by atoms with Crippen LogP contribution in [0.4, 0.5) is 4.39 Å². The van der Waals surface area contributed by atoms with Crippen LogP contribution in [0.3, 0.4) is 0 Å². The molecule has 2 aliphatic rings. The van der Waals surface area contributed by atoms with Crippen molar-refractivity contribution in [3.05, 3.63) is 63.9 Å². The van der Waals surface area contributed by atoms with Gasteiger partial charge in [-0.2, -0.15) is 0 Å². The minimum Gasteiger partial charge on any atom is -0.491 e. The second kappa shape index (κ2) is 13.2. The van der Waals surface area contributed by atoms with E-state index in [1.165, 1.54) is 12.1 Å². The van der Waals surface area contributed by atoms with E-state index in [0.29, 0.717) is 51.4 Å². The first-order chi connectivity index (χ1) is 18.4. The normalized spacial score (nSPS) is 21.3. The number of methoxy groups -OCH3 is 2. The summed E-state index contributed by atoms with van der Waals surface area (Å²) in [5.74, 6) is -0.751. The third-order valence-electron chi connectivity index (χ3n) is 7.35. The van der Waals surface area contributed by atoms with E-state index >= 15 is 0 Å². The summed E-state index contributed by atoms with van der Waals surface area (Å²) in [6.45, 7) is 2.82. The maximum absolute atomic E-state index is 14.3. The zero-order valence-electron chi connectivity index (χ0n) is 22.2. The first-order valence-corrected chi connectivity index (χ1v) is 13.7. The van der Waals surface area contributed by atoms with Gasteiger partial charge in [-0.3, -0.25) is 4.79 Å². The molecule has 2 aromatic rings. The molecule has 1 aliphatic heterocycles. The molecule has 1 aliphatic carbocycles. The molecule has 2 fully saturated rings. The molecule has 208 valence electrons. The Morgan fingerprint density at radius 3 is 2.61 bits per heavy atom. The number of hydrogen-bond donors (Lipinski definition) is 2. The van der Waals surface area contributed by atoms with Gasteiger partial charge in [-0.05, 0) is 79.6 Å². The molecule has 9 heteroatoms. The van der Waals surface area contributed by atoms with Crippen LogP contribution >= 0.6 is 11.6 Å². The number of carbonyl (C=O) groups is 1. The van der Waals surface area contributed by atoms with Crippen LogP contribution in [0.15, 0.2) is 36.4 Å². The van der Waals surface area contributed by atoms with Crippen molar-refractivity contribution in [1.82, 2.24) is 10.2 Å². The van der Waals surface area contributed by atoms with Gasteiger partial charge in [0.2, 0.25) is 5.91 Å². The number of aryl methyl sites for hydroxylation is 1. The summed E-state index contributed by atoms with van der Waals surface area (Å²) < 4.78 is 30.6. The number of amides is 1. The number of benzene rings is 2. The maximum Gasteiger partial charge on any atom is 0.230 e. The van der Waals surface area contributed by atoms with E-state index in [1.807, 2.05) is 17.0 Å². The van der Waals surface area contributed by atoms with E-state index in [4.69, 9.17) is 25.8 Å². The molecule has 1 heterocycles. The third kappa shape index (κ3) is 7.04. The molecule has 2 aromatic carbocycles. The second-order valence-corrected chi connectivity index (χ2v) is 10.6. The predicted octanol–water partition coefficient (Wildman–Crippen LogP) is 4.07. The highest BCUT2D eigenvalue weighted by Gasteiger charge is 2.48. The largest absolute Gasteiger partial charge is 0.491 e. The molecule has 1 saturated carbocycles. The highest BCUT2D eigenvalue weighted by Crippen LogP contribution is 2.40. The Morgan fingerprint density at radius 1 is 1.13 bits per heavy atom. The Bertz CT molecular complexity index is 1070. The van der Waals surface area contributed by atoms with Crippen LogP contribution in [0.2, 0.25) is 5.02 Å². The van der Waals surface area contributed by atoms with Gasteiger partial charge in [0.05, 0.1) is 17.5 Å². The summed E-state index contributed by atoms with van der Waals surface area (Å²) in [6.07, 6.45) is 3.85. The van der Waals surface area contributed by atoms with E-state index in [0.717, 1.165) is 42.6 Å². The fraction of sp³-hybridized carbons (Fsp3) is 0.552. The summed E-state index contributed by atoms with van der Waals surface area (Å²) >= 11 is 5.89. The predicted molar refractivity (Wildman–Crippen MR) is 144 cm³/mol. The summed E-state index contributed by atoms with van der Waals surface area (Å²) in [5, 5.41) is 15.0. The number of rotatable bonds is 13. The van der Waals surface area contributed by atoms with Gasteiger partial charge in [-0.25, -0.2) is 4.39 Å². The zero-order chi connectivity index (χ0) is 27.1. The van der Waals surface area contributed by atoms with Gasteiger partial charge in [0.25, 0.3) is 0 Å². The second-order valence-electron chi connectivity index (χ2n) is 10.2. The summed E-state index contributed by atoms with van der Waals surface area (Å²) in [5.41, 5.74) is 0.973. The van der Waals surface area contributed by atoms with Crippen molar-refractivity contribution in [3.8, 4) is 5.75 Å². The van der Waals surface area contributed by atoms with Crippen LogP contribution in [-0.2, 0) is 32.8 Å². The minimum absolute atomic E-state index is 0.0114. The van der Waals surface area contributed by atoms with Crippen molar-refractivity contribution in [3.63, 3.8) is 0 Å². The molecule has 2 N–H and O–H groups in total. The van der Waals surface area contributed by atoms with Gasteiger partial charge >= 0.3 is 0 Å². The SMILES string of the molecule is COCCCc1cc(CN(C(=O)[C@H]2CNCC[C@]2(O)c2ccc(Cl)c(F)c2)C2CC2)cc(OCCOC)c1. The van der Waals surface area contributed by atoms with Crippen LogP contribution in [0.5, 0.6) is 5.75 Å². The summed E-state index contributed by atoms with van der Waals surface area (Å²) in [7, 11) is 3.32. The van der Waals surface area contributed by atoms with Crippen molar-refractivity contribution in [2.45, 2.75) is 50.3 Å². The number of nitrogens with one attached hydrogen (secondary N) is 1. The van der Waals surface area contributed by atoms with Crippen LogP contribution < -0.4 is 10.1 Å². The molecule has 0 aromatic heterocycles. The standard InChI is InChI=1S/C29H38ClFN2O5/c1-36-11-3-4-20-14-21(16-24(15-20)38-13-12-37-2)19-33(23-6-7-23)28(34)25-18-32-10-9-29(25,35)22-5-8-26(30)27(31)17-22/h5,8,14-17,23,25,32,35H,3-4,6-7,9-13,18-19H2,1-2H3/t25-,29+/m1/s1. The Hall–Kier alpha value is -2.23. The number of nitrogens with zero attached hydrogens (tertiary/aromatic N) is 1. The lowest BCUT2D eigenvalue weighted by atomic mass is 9.75. The Kier molecular flexibility index (Phi) is 10.0. The average Bonchev–Trinajstić information content (AvgIpc) is 3.74. The molecule has 0 radical (unpaired) electrons. The fourth-order valence-electron chi connectivity index (χ4n) is 5.15. The number of ether oxygens (including phenoxy) is 3. The number of aliphatic hydroxyl groups is 1. The van der Waals surface area contributed by atoms with E-state index in [-0.39, 0.29) is 17.0 Å². The molecule has 38 heavy (non-hydrogen) atoms. The van der Waals surface area contributed by atoms with Gasteiger partial charge < -0.3 is 29.5 Å². The van der Waals surface area contributed by atoms with Gasteiger partial charge in [0.1, 0.15) is 23.8 Å². The molecule has 1 amide bonds. The lowest BCUT2D eigenvalue weighted by Crippen LogP contribution is -2.55. The quantitative estimate of drug-likeness (QED) is 0.367. The monoisotopic (exact) mass is 548 g/mol. The van der Waals surface area contributed by atoms with E-state index in [2.05, 4.69) is 11.4 Å². The lowest BCUT2D eigenvalue weighted by molar-refractivity contribution is -0.150. The number of halogens is 2. The zero-order valence-corrected chi connectivity index (χ0v) is 22.9. The highest BCUT2D eigenvalue weighted by atomic mass is 35.5. The van der Waals surface area contributed by atoms with Crippen molar-refractivity contribution in [2.24, 2.45) is 5.92 Å². The molecule has 2 atom stereocenters. The summed E-state index contributed by atoms with van der Waals surface area (Å²) in [6, 6.07) is 10.5. The van der Waals surface area contributed by atoms with Gasteiger partial charge in [-0.1, -0.05) is 23.7 Å². The fourth-order valence-corrected chi connectivity index (χ4v) is 5.27. The van der Waals surface area contributed by atoms with Gasteiger partial charge in [0, 0.05) is 40.0 Å². The highest BCUT2D eigenvalue weighted by molar-refractivity contribution is 6.30. The Labute approximate surface area is 229 Å². The number of carbonyl (C=O) groups excluding carboxylic acids is 1. The van der Waals surface area contributed by atoms with Crippen LogP contribution in [0, 0.1) is 11.7 Å². The van der Waals surface area contributed by atoms with Crippen LogP contribution in [0.1, 0.15) is 42.4 Å². The molecular weight excluding hydrogens is 511 g/mol. The maximum atomic E-state index is 14.3. The molecule has 7 nitrogen and oxygen atoms in total. The Balaban J connectivity index is 1.59. The Morgan fingerprint density at radius 2 is 1.89 bits per heavy atom. The molecule has 1 saturated heterocycles. The van der Waals surface area contributed by atoms with Crippen molar-refractivity contribution < 1.29 is 28.5 Å². The molecular formula is C29H38ClFN2O5. The third-order valence-corrected chi connectivity index (χ3v) is 7.65. The van der Waals surface area contributed by atoms with E-state index in [9.17, 15) is 14.3 Å². The van der Waals surface area contributed by atoms with Crippen molar-refractivity contribution in [1.29, 1.82) is 0 Å². The number of hydrogen-bond acceptors (Lipinski definition) is 6. The van der Waals surface area contributed by atoms with E-state index in [1.54, 1.807) is 20.3 Å². The minimum atomic E-state index is -1.49. The first-order valence-electron chi connectivity index (χ1n) is 13.3. The molecule has 0 spiro atoms. The van der Waals surface area contributed by atoms with Gasteiger partial charge in [0.15, 0.2) is 0 Å². The lowest BCUT2D eigenvalue weighted by Gasteiger charge is -2.42. The number of piperidine rings is 1. The molecule has 4 rings (SSSR count). The average molecular weight is 549 g/mol. The van der Waals surface area contributed by atoms with Crippen LogP contribution in [-0.4, -0.2) is 69.1 Å². The summed E-state index contributed by atoms with van der Waals surface area (Å²) in [4.78, 5) is 15.9. The first kappa shape index (κ1) is 28.8.